The van der Waals surface area contributed by atoms with E-state index in [1.807, 2.05) is 74.4 Å². The normalized spacial score (nSPS) is 12.5. The molecule has 0 saturated heterocycles. The summed E-state index contributed by atoms with van der Waals surface area (Å²) in [5, 5.41) is 50.8. The highest BCUT2D eigenvalue weighted by molar-refractivity contribution is 5.67. The van der Waals surface area contributed by atoms with Gasteiger partial charge < -0.3 is 25.5 Å². The van der Waals surface area contributed by atoms with Gasteiger partial charge in [-0.05, 0) is 120 Å². The molecular weight excluding hydrogens is 823 g/mol. The molecule has 12 heteroatoms. The summed E-state index contributed by atoms with van der Waals surface area (Å²) in [6.07, 6.45) is 0.597. The Morgan fingerprint density at radius 1 is 0.415 bits per heavy atom. The van der Waals surface area contributed by atoms with E-state index in [9.17, 15) is 39.6 Å². The monoisotopic (exact) mass is 894 g/mol. The van der Waals surface area contributed by atoms with Gasteiger partial charge in [0, 0.05) is 6.42 Å². The van der Waals surface area contributed by atoms with Crippen LogP contribution in [0.1, 0.15) is 160 Å². The minimum atomic E-state index is -0.798. The number of aromatic nitrogens is 3. The van der Waals surface area contributed by atoms with E-state index in [1.165, 1.54) is 0 Å². The highest BCUT2D eigenvalue weighted by atomic mass is 16.4. The Bertz CT molecular complexity index is 2450. The lowest BCUT2D eigenvalue weighted by molar-refractivity contribution is -0.136. The molecule has 5 aromatic rings. The van der Waals surface area contributed by atoms with Crippen molar-refractivity contribution < 1.29 is 30.3 Å². The van der Waals surface area contributed by atoms with Crippen LogP contribution < -0.4 is 17.1 Å². The summed E-state index contributed by atoms with van der Waals surface area (Å²) >= 11 is 0. The van der Waals surface area contributed by atoms with Crippen molar-refractivity contribution in [2.45, 2.75) is 163 Å². The molecule has 0 bridgehead atoms. The molecule has 0 radical (unpaired) electrons. The fourth-order valence-corrected chi connectivity index (χ4v) is 7.72. The van der Waals surface area contributed by atoms with E-state index in [0.29, 0.717) is 45.6 Å². The zero-order valence-electron chi connectivity index (χ0n) is 41.1. The number of aliphatic carboxylic acids is 1. The Morgan fingerprint density at radius 2 is 0.662 bits per heavy atom. The maximum Gasteiger partial charge on any atom is 0.336 e. The van der Waals surface area contributed by atoms with Crippen LogP contribution in [0.5, 0.6) is 23.0 Å². The molecular formula is C53H71N3O9. The largest absolute Gasteiger partial charge is 0.508 e. The number of phenols is 4. The van der Waals surface area contributed by atoms with Gasteiger partial charge in [0.1, 0.15) is 23.0 Å². The number of hydrogen-bond donors (Lipinski definition) is 5. The Morgan fingerprint density at radius 3 is 0.892 bits per heavy atom. The third-order valence-corrected chi connectivity index (χ3v) is 11.4. The Hall–Kier alpha value is -6.04. The number of hydrogen-bond acceptors (Lipinski definition) is 8. The first-order chi connectivity index (χ1) is 29.6. The van der Waals surface area contributed by atoms with Gasteiger partial charge in [0.25, 0.3) is 0 Å². The first-order valence-corrected chi connectivity index (χ1v) is 22.1. The molecule has 0 aliphatic carbocycles. The number of carbonyl (C=O) groups is 1. The van der Waals surface area contributed by atoms with Crippen molar-refractivity contribution >= 4 is 5.97 Å². The van der Waals surface area contributed by atoms with Crippen molar-refractivity contribution in [3.63, 3.8) is 0 Å². The first-order valence-electron chi connectivity index (χ1n) is 22.1. The summed E-state index contributed by atoms with van der Waals surface area (Å²) in [6.45, 7) is 29.6. The molecule has 4 aromatic carbocycles. The Kier molecular flexibility index (Phi) is 14.9. The van der Waals surface area contributed by atoms with Crippen LogP contribution in [0.4, 0.5) is 0 Å². The molecule has 0 amide bonds. The number of rotatable bonds is 9. The lowest BCUT2D eigenvalue weighted by Gasteiger charge is -2.28. The van der Waals surface area contributed by atoms with Crippen molar-refractivity contribution in [2.24, 2.45) is 0 Å². The highest BCUT2D eigenvalue weighted by Gasteiger charge is 2.27. The van der Waals surface area contributed by atoms with E-state index in [4.69, 9.17) is 5.11 Å². The van der Waals surface area contributed by atoms with Crippen molar-refractivity contribution in [2.75, 3.05) is 0 Å². The van der Waals surface area contributed by atoms with Crippen LogP contribution in [0.2, 0.25) is 0 Å². The van der Waals surface area contributed by atoms with Gasteiger partial charge in [0.2, 0.25) is 0 Å². The second-order valence-electron chi connectivity index (χ2n) is 22.3. The highest BCUT2D eigenvalue weighted by Crippen LogP contribution is 2.40. The Balaban J connectivity index is 0.000000387. The molecule has 5 N–H and O–H groups in total. The summed E-state index contributed by atoms with van der Waals surface area (Å²) < 4.78 is 3.11. The molecule has 65 heavy (non-hydrogen) atoms. The quantitative estimate of drug-likeness (QED) is 0.0962. The SMILES string of the molecule is CC(C)(C)c1cc(CCC(=O)O)cc(C(C)(C)C)c1O.CC(C)(C)c1cc(Cn2c(=O)n(Cc3ccc(O)c(C(C)(C)C)c3)c(=O)n(Cc3ccc(O)c(C(C)(C)C)c3)c2=O)ccc1O. The molecule has 0 atom stereocenters. The molecule has 0 unspecified atom stereocenters. The standard InChI is InChI=1S/C36H45N3O6.C17H26O3/c1-34(2,3)25-16-22(10-13-28(25)40)19-37-31(43)38(20-23-11-14-29(41)26(17-23)35(4,5)6)33(45)39(32(37)44)21-24-12-15-30(42)27(18-24)36(7,8)9;1-16(2,3)12-9-11(7-8-14(18)19)10-13(15(12)20)17(4,5)6/h10-18,40-42H,19-21H2,1-9H3;9-10,20H,7-8H2,1-6H3,(H,18,19). The Labute approximate surface area is 383 Å². The molecule has 12 nitrogen and oxygen atoms in total. The maximum atomic E-state index is 13.9. The number of nitrogens with zero attached hydrogens (tertiary/aromatic N) is 3. The van der Waals surface area contributed by atoms with Gasteiger partial charge in [-0.2, -0.15) is 0 Å². The fourth-order valence-electron chi connectivity index (χ4n) is 7.72. The van der Waals surface area contributed by atoms with Gasteiger partial charge in [-0.25, -0.2) is 28.1 Å². The van der Waals surface area contributed by atoms with Crippen LogP contribution in [0, 0.1) is 0 Å². The molecule has 5 rings (SSSR count). The maximum absolute atomic E-state index is 13.9. The van der Waals surface area contributed by atoms with Gasteiger partial charge in [0.15, 0.2) is 0 Å². The summed E-state index contributed by atoms with van der Waals surface area (Å²) in [6, 6.07) is 18.8. The molecule has 352 valence electrons. The number of phenolic OH excluding ortho intramolecular Hbond substituents is 4. The molecule has 0 saturated carbocycles. The van der Waals surface area contributed by atoms with Gasteiger partial charge in [-0.15, -0.1) is 0 Å². The van der Waals surface area contributed by atoms with E-state index in [-0.39, 0.29) is 54.1 Å². The van der Waals surface area contributed by atoms with Crippen molar-refractivity contribution in [1.82, 2.24) is 13.7 Å². The van der Waals surface area contributed by atoms with Crippen LogP contribution in [0.3, 0.4) is 0 Å². The topological polar surface area (TPSA) is 184 Å². The van der Waals surface area contributed by atoms with Crippen molar-refractivity contribution in [1.29, 1.82) is 0 Å². The summed E-state index contributed by atoms with van der Waals surface area (Å²) in [5.41, 5.74) is 2.76. The second-order valence-corrected chi connectivity index (χ2v) is 22.3. The van der Waals surface area contributed by atoms with Gasteiger partial charge in [0.05, 0.1) is 19.6 Å². The number of carboxylic acid groups (broad SMARTS) is 1. The van der Waals surface area contributed by atoms with E-state index in [2.05, 4.69) is 41.5 Å². The minimum Gasteiger partial charge on any atom is -0.508 e. The zero-order valence-corrected chi connectivity index (χ0v) is 41.1. The van der Waals surface area contributed by atoms with Crippen LogP contribution in [-0.2, 0) is 57.9 Å². The predicted molar refractivity (Wildman–Crippen MR) is 258 cm³/mol. The van der Waals surface area contributed by atoms with Crippen molar-refractivity contribution in [3.8, 4) is 23.0 Å². The third kappa shape index (κ3) is 12.6. The van der Waals surface area contributed by atoms with E-state index >= 15 is 0 Å². The summed E-state index contributed by atoms with van der Waals surface area (Å²) in [7, 11) is 0. The second kappa shape index (κ2) is 18.8. The van der Waals surface area contributed by atoms with Crippen LogP contribution >= 0.6 is 0 Å². The third-order valence-electron chi connectivity index (χ3n) is 11.4. The van der Waals surface area contributed by atoms with Gasteiger partial charge in [-0.1, -0.05) is 134 Å². The lowest BCUT2D eigenvalue weighted by Crippen LogP contribution is -2.54. The van der Waals surface area contributed by atoms with Crippen LogP contribution in [0.25, 0.3) is 0 Å². The number of benzene rings is 4. The lowest BCUT2D eigenvalue weighted by atomic mass is 9.78. The van der Waals surface area contributed by atoms with E-state index < -0.39 is 39.3 Å². The van der Waals surface area contributed by atoms with Gasteiger partial charge >= 0.3 is 23.0 Å². The predicted octanol–water partition coefficient (Wildman–Crippen LogP) is 9.33. The number of aromatic hydroxyl groups is 4. The van der Waals surface area contributed by atoms with Gasteiger partial charge in [-0.3, -0.25) is 4.79 Å². The summed E-state index contributed by atoms with van der Waals surface area (Å²) in [5.74, 6) is -0.114. The average Bonchev–Trinajstić information content (AvgIpc) is 3.16. The molecule has 0 aliphatic rings. The van der Waals surface area contributed by atoms with Crippen LogP contribution in [-0.4, -0.2) is 45.2 Å². The smallest absolute Gasteiger partial charge is 0.336 e. The molecule has 0 fully saturated rings. The fraction of sp³-hybridized carbons (Fsp3) is 0.472. The zero-order chi connectivity index (χ0) is 49.4. The summed E-state index contributed by atoms with van der Waals surface area (Å²) in [4.78, 5) is 52.6. The molecule has 1 heterocycles. The molecule has 1 aromatic heterocycles. The minimum absolute atomic E-state index is 0.109. The average molecular weight is 894 g/mol. The molecule has 0 spiro atoms. The van der Waals surface area contributed by atoms with E-state index in [1.54, 1.807) is 54.6 Å². The van der Waals surface area contributed by atoms with E-state index in [0.717, 1.165) is 30.4 Å². The van der Waals surface area contributed by atoms with Crippen molar-refractivity contribution in [3.05, 3.63) is 148 Å². The first kappa shape index (κ1) is 51.6. The number of carboxylic acids is 1. The van der Waals surface area contributed by atoms with Crippen LogP contribution in [0.15, 0.2) is 81.1 Å². The molecule has 0 aliphatic heterocycles. The number of aryl methyl sites for hydroxylation is 1.